The van der Waals surface area contributed by atoms with Crippen LogP contribution >= 0.6 is 0 Å². The molecule has 4 fully saturated rings. The number of nitrogens with one attached hydrogen (secondary N) is 1. The van der Waals surface area contributed by atoms with E-state index in [9.17, 15) is 0 Å². The molecule has 2 atom stereocenters. The SMILES string of the molecule is CCCCc1ncc(CN2C[C@@H]3CC[C@H](C2)N(CC2CC2)C3)[nH]1. The second kappa shape index (κ2) is 6.94. The van der Waals surface area contributed by atoms with Gasteiger partial charge in [0.05, 0.1) is 0 Å². The summed E-state index contributed by atoms with van der Waals surface area (Å²) in [7, 11) is 0. The predicted molar refractivity (Wildman–Crippen MR) is 93.3 cm³/mol. The minimum atomic E-state index is 0.803. The number of H-pyrrole nitrogens is 1. The van der Waals surface area contributed by atoms with Crippen LogP contribution in [0.5, 0.6) is 0 Å². The van der Waals surface area contributed by atoms with E-state index in [-0.39, 0.29) is 0 Å². The summed E-state index contributed by atoms with van der Waals surface area (Å²) in [6, 6.07) is 0.803. The first-order chi connectivity index (χ1) is 11.3. The molecule has 0 amide bonds. The van der Waals surface area contributed by atoms with Crippen molar-refractivity contribution in [2.45, 2.75) is 64.5 Å². The Balaban J connectivity index is 1.35. The van der Waals surface area contributed by atoms with Gasteiger partial charge in [0.25, 0.3) is 0 Å². The lowest BCUT2D eigenvalue weighted by Crippen LogP contribution is -2.44. The summed E-state index contributed by atoms with van der Waals surface area (Å²) >= 11 is 0. The van der Waals surface area contributed by atoms with Crippen LogP contribution in [0, 0.1) is 11.8 Å². The lowest BCUT2D eigenvalue weighted by Gasteiger charge is -2.36. The maximum atomic E-state index is 4.57. The lowest BCUT2D eigenvalue weighted by molar-refractivity contribution is 0.125. The third-order valence-electron chi connectivity index (χ3n) is 5.93. The van der Waals surface area contributed by atoms with Crippen LogP contribution in [0.3, 0.4) is 0 Å². The maximum absolute atomic E-state index is 4.57. The predicted octanol–water partition coefficient (Wildman–Crippen LogP) is 3.06. The highest BCUT2D eigenvalue weighted by molar-refractivity contribution is 5.03. The molecule has 0 aromatic carbocycles. The lowest BCUT2D eigenvalue weighted by atomic mass is 9.95. The number of fused-ring (bicyclic) bond motifs is 4. The highest BCUT2D eigenvalue weighted by atomic mass is 15.3. The van der Waals surface area contributed by atoms with Gasteiger partial charge in [-0.3, -0.25) is 9.80 Å². The monoisotopic (exact) mass is 316 g/mol. The van der Waals surface area contributed by atoms with E-state index >= 15 is 0 Å². The van der Waals surface area contributed by atoms with Crippen LogP contribution in [0.1, 0.15) is 57.0 Å². The van der Waals surface area contributed by atoms with Crippen molar-refractivity contribution in [2.24, 2.45) is 11.8 Å². The van der Waals surface area contributed by atoms with Crippen molar-refractivity contribution in [1.29, 1.82) is 0 Å². The molecule has 3 saturated heterocycles. The molecule has 4 heteroatoms. The number of piperidine rings is 1. The zero-order valence-electron chi connectivity index (χ0n) is 14.6. The standard InChI is InChI=1S/C19H32N4/c1-2-3-4-19-20-9-17(21-19)13-22-10-16-7-8-18(14-22)23(12-16)11-15-5-6-15/h9,15-16,18H,2-8,10-14H2,1H3,(H,20,21)/t16-,18+/m0/s1. The normalized spacial score (nSPS) is 29.1. The maximum Gasteiger partial charge on any atom is 0.106 e. The Labute approximate surface area is 140 Å². The van der Waals surface area contributed by atoms with Crippen molar-refractivity contribution in [2.75, 3.05) is 26.2 Å². The van der Waals surface area contributed by atoms with Gasteiger partial charge in [-0.15, -0.1) is 0 Å². The van der Waals surface area contributed by atoms with Crippen LogP contribution in [0.25, 0.3) is 0 Å². The van der Waals surface area contributed by atoms with Gasteiger partial charge in [-0.1, -0.05) is 13.3 Å². The number of aryl methyl sites for hydroxylation is 1. The van der Waals surface area contributed by atoms with Gasteiger partial charge in [0.15, 0.2) is 0 Å². The molecule has 2 bridgehead atoms. The van der Waals surface area contributed by atoms with Crippen LogP contribution in [-0.4, -0.2) is 52.0 Å². The van der Waals surface area contributed by atoms with Gasteiger partial charge >= 0.3 is 0 Å². The number of hydrogen-bond acceptors (Lipinski definition) is 3. The Bertz CT molecular complexity index is 507. The summed E-state index contributed by atoms with van der Waals surface area (Å²) in [6.45, 7) is 8.56. The molecule has 23 heavy (non-hydrogen) atoms. The fourth-order valence-electron chi connectivity index (χ4n) is 4.46. The van der Waals surface area contributed by atoms with E-state index in [1.54, 1.807) is 0 Å². The number of hydrogen-bond donors (Lipinski definition) is 1. The molecule has 0 radical (unpaired) electrons. The smallest absolute Gasteiger partial charge is 0.106 e. The highest BCUT2D eigenvalue weighted by Gasteiger charge is 2.37. The van der Waals surface area contributed by atoms with Crippen molar-refractivity contribution in [3.8, 4) is 0 Å². The minimum absolute atomic E-state index is 0.803. The van der Waals surface area contributed by atoms with E-state index in [1.165, 1.54) is 76.2 Å². The van der Waals surface area contributed by atoms with Crippen molar-refractivity contribution in [3.63, 3.8) is 0 Å². The van der Waals surface area contributed by atoms with Crippen LogP contribution in [-0.2, 0) is 13.0 Å². The number of unbranched alkanes of at least 4 members (excludes halogenated alkanes) is 1. The minimum Gasteiger partial charge on any atom is -0.345 e. The summed E-state index contributed by atoms with van der Waals surface area (Å²) in [5, 5.41) is 0. The number of aromatic amines is 1. The molecule has 4 heterocycles. The van der Waals surface area contributed by atoms with Gasteiger partial charge < -0.3 is 4.98 Å². The summed E-state index contributed by atoms with van der Waals surface area (Å²) in [5.74, 6) is 3.08. The molecule has 0 unspecified atom stereocenters. The summed E-state index contributed by atoms with van der Waals surface area (Å²) in [6.07, 6.45) is 11.4. The summed E-state index contributed by atoms with van der Waals surface area (Å²) in [4.78, 5) is 13.6. The fourth-order valence-corrected chi connectivity index (χ4v) is 4.46. The molecule has 0 spiro atoms. The Morgan fingerprint density at radius 2 is 2.09 bits per heavy atom. The third-order valence-corrected chi connectivity index (χ3v) is 5.93. The van der Waals surface area contributed by atoms with E-state index in [0.29, 0.717) is 0 Å². The van der Waals surface area contributed by atoms with E-state index in [4.69, 9.17) is 0 Å². The first-order valence-electron chi connectivity index (χ1n) is 9.79. The first-order valence-corrected chi connectivity index (χ1v) is 9.79. The second-order valence-electron chi connectivity index (χ2n) is 8.15. The molecule has 1 N–H and O–H groups in total. The fraction of sp³-hybridized carbons (Fsp3) is 0.842. The van der Waals surface area contributed by atoms with E-state index < -0.39 is 0 Å². The summed E-state index contributed by atoms with van der Waals surface area (Å²) < 4.78 is 0. The second-order valence-corrected chi connectivity index (χ2v) is 8.15. The molecule has 1 saturated carbocycles. The Hall–Kier alpha value is -0.870. The van der Waals surface area contributed by atoms with Crippen LogP contribution in [0.4, 0.5) is 0 Å². The van der Waals surface area contributed by atoms with E-state index in [0.717, 1.165) is 30.8 Å². The Kier molecular flexibility index (Phi) is 4.72. The van der Waals surface area contributed by atoms with Crippen LogP contribution < -0.4 is 0 Å². The molecular weight excluding hydrogens is 284 g/mol. The van der Waals surface area contributed by atoms with Gasteiger partial charge in [0.1, 0.15) is 5.82 Å². The van der Waals surface area contributed by atoms with Gasteiger partial charge in [-0.25, -0.2) is 4.98 Å². The molecular formula is C19H32N4. The van der Waals surface area contributed by atoms with Crippen molar-refractivity contribution in [3.05, 3.63) is 17.7 Å². The van der Waals surface area contributed by atoms with Crippen LogP contribution in [0.15, 0.2) is 6.20 Å². The molecule has 128 valence electrons. The number of rotatable bonds is 7. The average molecular weight is 316 g/mol. The van der Waals surface area contributed by atoms with E-state index in [2.05, 4.69) is 32.9 Å². The van der Waals surface area contributed by atoms with Crippen molar-refractivity contribution in [1.82, 2.24) is 19.8 Å². The zero-order valence-corrected chi connectivity index (χ0v) is 14.6. The molecule has 4 nitrogen and oxygen atoms in total. The number of nitrogens with zero attached hydrogens (tertiary/aromatic N) is 3. The first kappa shape index (κ1) is 15.6. The average Bonchev–Trinajstić information content (AvgIpc) is 3.31. The molecule has 1 aromatic rings. The molecule has 3 aliphatic heterocycles. The topological polar surface area (TPSA) is 35.2 Å². The largest absolute Gasteiger partial charge is 0.345 e. The highest BCUT2D eigenvalue weighted by Crippen LogP contribution is 2.35. The quantitative estimate of drug-likeness (QED) is 0.840. The van der Waals surface area contributed by atoms with Crippen LogP contribution in [0.2, 0.25) is 0 Å². The molecule has 1 aliphatic carbocycles. The number of aromatic nitrogens is 2. The number of imidazole rings is 1. The molecule has 5 rings (SSSR count). The molecule has 4 aliphatic rings. The Morgan fingerprint density at radius 1 is 1.17 bits per heavy atom. The summed E-state index contributed by atoms with van der Waals surface area (Å²) in [5.41, 5.74) is 1.31. The van der Waals surface area contributed by atoms with Crippen molar-refractivity contribution < 1.29 is 0 Å². The molecule has 1 aromatic heterocycles. The van der Waals surface area contributed by atoms with Gasteiger partial charge in [-0.2, -0.15) is 0 Å². The zero-order chi connectivity index (χ0) is 15.6. The van der Waals surface area contributed by atoms with Gasteiger partial charge in [-0.05, 0) is 43.9 Å². The van der Waals surface area contributed by atoms with E-state index in [1.807, 2.05) is 0 Å². The Morgan fingerprint density at radius 3 is 2.91 bits per heavy atom. The van der Waals surface area contributed by atoms with Gasteiger partial charge in [0, 0.05) is 57.1 Å². The van der Waals surface area contributed by atoms with Crippen molar-refractivity contribution >= 4 is 0 Å². The third kappa shape index (κ3) is 3.97. The van der Waals surface area contributed by atoms with Gasteiger partial charge in [0.2, 0.25) is 0 Å².